The van der Waals surface area contributed by atoms with Crippen molar-refractivity contribution in [3.05, 3.63) is 35.4 Å². The molecular formula is C14H21F2N. The van der Waals surface area contributed by atoms with Gasteiger partial charge < -0.3 is 5.32 Å². The zero-order valence-corrected chi connectivity index (χ0v) is 10.8. The lowest BCUT2D eigenvalue weighted by atomic mass is 10.0. The Morgan fingerprint density at radius 2 is 1.82 bits per heavy atom. The summed E-state index contributed by atoms with van der Waals surface area (Å²) in [6, 6.07) is 3.79. The van der Waals surface area contributed by atoms with E-state index < -0.39 is 11.6 Å². The molecular weight excluding hydrogens is 220 g/mol. The fourth-order valence-electron chi connectivity index (χ4n) is 1.75. The fourth-order valence-corrected chi connectivity index (χ4v) is 1.75. The fraction of sp³-hybridized carbons (Fsp3) is 0.571. The molecule has 0 saturated carbocycles. The highest BCUT2D eigenvalue weighted by Crippen LogP contribution is 2.14. The van der Waals surface area contributed by atoms with Gasteiger partial charge in [-0.15, -0.1) is 0 Å². The van der Waals surface area contributed by atoms with Crippen molar-refractivity contribution in [2.45, 2.75) is 27.2 Å². The first-order valence-corrected chi connectivity index (χ1v) is 6.13. The topological polar surface area (TPSA) is 12.0 Å². The van der Waals surface area contributed by atoms with Crippen LogP contribution in [-0.2, 0) is 6.42 Å². The Hall–Kier alpha value is -0.960. The van der Waals surface area contributed by atoms with Gasteiger partial charge in [0.25, 0.3) is 0 Å². The average Bonchev–Trinajstić information content (AvgIpc) is 2.21. The molecule has 0 heterocycles. The smallest absolute Gasteiger partial charge is 0.129 e. The first-order valence-electron chi connectivity index (χ1n) is 6.13. The molecule has 0 radical (unpaired) electrons. The van der Waals surface area contributed by atoms with Gasteiger partial charge >= 0.3 is 0 Å². The summed E-state index contributed by atoms with van der Waals surface area (Å²) < 4.78 is 26.1. The van der Waals surface area contributed by atoms with E-state index in [0.29, 0.717) is 23.8 Å². The van der Waals surface area contributed by atoms with Crippen molar-refractivity contribution < 1.29 is 8.78 Å². The predicted molar refractivity (Wildman–Crippen MR) is 66.9 cm³/mol. The van der Waals surface area contributed by atoms with Crippen molar-refractivity contribution in [1.29, 1.82) is 0 Å². The molecule has 1 nitrogen and oxygen atoms in total. The Morgan fingerprint density at radius 3 is 2.41 bits per heavy atom. The minimum absolute atomic E-state index is 0.341. The van der Waals surface area contributed by atoms with Crippen LogP contribution in [0.4, 0.5) is 8.78 Å². The summed E-state index contributed by atoms with van der Waals surface area (Å²) in [7, 11) is 0. The lowest BCUT2D eigenvalue weighted by Gasteiger charge is -2.14. The predicted octanol–water partition coefficient (Wildman–Crippen LogP) is 3.39. The Kier molecular flexibility index (Phi) is 5.56. The first kappa shape index (κ1) is 14.1. The van der Waals surface area contributed by atoms with Gasteiger partial charge in [-0.05, 0) is 43.0 Å². The number of halogens is 2. The molecule has 1 unspecified atom stereocenters. The lowest BCUT2D eigenvalue weighted by Crippen LogP contribution is -2.26. The van der Waals surface area contributed by atoms with Crippen molar-refractivity contribution in [2.75, 3.05) is 13.1 Å². The second kappa shape index (κ2) is 6.70. The molecule has 0 aliphatic carbocycles. The van der Waals surface area contributed by atoms with E-state index in [0.717, 1.165) is 19.2 Å². The Balaban J connectivity index is 2.42. The van der Waals surface area contributed by atoms with Gasteiger partial charge in [0.2, 0.25) is 0 Å². The molecule has 0 aliphatic heterocycles. The molecule has 1 rings (SSSR count). The SMILES string of the molecule is CC(C)CNCC(C)Cc1ccc(F)cc1F. The highest BCUT2D eigenvalue weighted by Gasteiger charge is 2.08. The van der Waals surface area contributed by atoms with Crippen molar-refractivity contribution in [1.82, 2.24) is 5.32 Å². The molecule has 3 heteroatoms. The summed E-state index contributed by atoms with van der Waals surface area (Å²) in [5.41, 5.74) is 0.588. The maximum Gasteiger partial charge on any atom is 0.129 e. The van der Waals surface area contributed by atoms with Crippen LogP contribution in [0.1, 0.15) is 26.3 Å². The van der Waals surface area contributed by atoms with Crippen LogP contribution >= 0.6 is 0 Å². The van der Waals surface area contributed by atoms with Crippen molar-refractivity contribution in [2.24, 2.45) is 11.8 Å². The summed E-state index contributed by atoms with van der Waals surface area (Å²) in [4.78, 5) is 0. The normalized spacial score (nSPS) is 13.1. The number of hydrogen-bond donors (Lipinski definition) is 1. The minimum Gasteiger partial charge on any atom is -0.316 e. The molecule has 0 aromatic heterocycles. The van der Waals surface area contributed by atoms with Crippen molar-refractivity contribution >= 4 is 0 Å². The number of rotatable bonds is 6. The van der Waals surface area contributed by atoms with Crippen molar-refractivity contribution in [3.63, 3.8) is 0 Å². The van der Waals surface area contributed by atoms with E-state index in [1.165, 1.54) is 12.1 Å². The van der Waals surface area contributed by atoms with Crippen LogP contribution in [0.25, 0.3) is 0 Å². The Labute approximate surface area is 102 Å². The van der Waals surface area contributed by atoms with E-state index in [-0.39, 0.29) is 0 Å². The number of hydrogen-bond acceptors (Lipinski definition) is 1. The summed E-state index contributed by atoms with van der Waals surface area (Å²) in [5.74, 6) is -0.00369. The second-order valence-electron chi connectivity index (χ2n) is 5.10. The molecule has 1 N–H and O–H groups in total. The standard InChI is InChI=1S/C14H21F2N/c1-10(2)8-17-9-11(3)6-12-4-5-13(15)7-14(12)16/h4-5,7,10-11,17H,6,8-9H2,1-3H3. The number of nitrogens with one attached hydrogen (secondary N) is 1. The van der Waals surface area contributed by atoms with Crippen LogP contribution in [0.2, 0.25) is 0 Å². The zero-order chi connectivity index (χ0) is 12.8. The van der Waals surface area contributed by atoms with Gasteiger partial charge in [-0.1, -0.05) is 26.8 Å². The third kappa shape index (κ3) is 5.26. The average molecular weight is 241 g/mol. The maximum absolute atomic E-state index is 13.4. The lowest BCUT2D eigenvalue weighted by molar-refractivity contribution is 0.465. The summed E-state index contributed by atoms with van der Waals surface area (Å²) in [6.45, 7) is 8.19. The van der Waals surface area contributed by atoms with Crippen LogP contribution in [0, 0.1) is 23.5 Å². The molecule has 0 saturated heterocycles. The quantitative estimate of drug-likeness (QED) is 0.805. The first-order chi connectivity index (χ1) is 7.99. The molecule has 96 valence electrons. The minimum atomic E-state index is -0.517. The molecule has 0 amide bonds. The van der Waals surface area contributed by atoms with E-state index in [1.807, 2.05) is 0 Å². The van der Waals surface area contributed by atoms with Crippen LogP contribution in [0.5, 0.6) is 0 Å². The van der Waals surface area contributed by atoms with E-state index >= 15 is 0 Å². The van der Waals surface area contributed by atoms with Gasteiger partial charge in [0.1, 0.15) is 11.6 Å². The second-order valence-corrected chi connectivity index (χ2v) is 5.10. The maximum atomic E-state index is 13.4. The van der Waals surface area contributed by atoms with Gasteiger partial charge in [-0.2, -0.15) is 0 Å². The highest BCUT2D eigenvalue weighted by molar-refractivity contribution is 5.19. The van der Waals surface area contributed by atoms with Crippen LogP contribution < -0.4 is 5.32 Å². The highest BCUT2D eigenvalue weighted by atomic mass is 19.1. The van der Waals surface area contributed by atoms with Gasteiger partial charge in [0.05, 0.1) is 0 Å². The summed E-state index contributed by atoms with van der Waals surface area (Å²) >= 11 is 0. The third-order valence-corrected chi connectivity index (χ3v) is 2.63. The summed E-state index contributed by atoms with van der Waals surface area (Å²) in [6.07, 6.45) is 0.636. The van der Waals surface area contributed by atoms with Gasteiger partial charge in [0.15, 0.2) is 0 Å². The zero-order valence-electron chi connectivity index (χ0n) is 10.8. The van der Waals surface area contributed by atoms with Crippen LogP contribution in [-0.4, -0.2) is 13.1 Å². The molecule has 0 aliphatic rings. The molecule has 17 heavy (non-hydrogen) atoms. The van der Waals surface area contributed by atoms with E-state index in [4.69, 9.17) is 0 Å². The molecule has 0 bridgehead atoms. The summed E-state index contributed by atoms with van der Waals surface area (Å²) in [5, 5.41) is 3.34. The van der Waals surface area contributed by atoms with E-state index in [1.54, 1.807) is 0 Å². The van der Waals surface area contributed by atoms with Crippen molar-refractivity contribution in [3.8, 4) is 0 Å². The molecule has 1 atom stereocenters. The monoisotopic (exact) mass is 241 g/mol. The Bertz CT molecular complexity index is 350. The molecule has 1 aromatic rings. The molecule has 0 fully saturated rings. The van der Waals surface area contributed by atoms with E-state index in [2.05, 4.69) is 26.1 Å². The number of benzene rings is 1. The Morgan fingerprint density at radius 1 is 1.12 bits per heavy atom. The largest absolute Gasteiger partial charge is 0.316 e. The van der Waals surface area contributed by atoms with Crippen LogP contribution in [0.3, 0.4) is 0 Å². The van der Waals surface area contributed by atoms with Gasteiger partial charge in [-0.3, -0.25) is 0 Å². The van der Waals surface area contributed by atoms with Gasteiger partial charge in [0, 0.05) is 6.07 Å². The third-order valence-electron chi connectivity index (χ3n) is 2.63. The van der Waals surface area contributed by atoms with E-state index in [9.17, 15) is 8.78 Å². The molecule has 1 aromatic carbocycles. The van der Waals surface area contributed by atoms with Gasteiger partial charge in [-0.25, -0.2) is 8.78 Å². The van der Waals surface area contributed by atoms with Crippen LogP contribution in [0.15, 0.2) is 18.2 Å². The molecule has 0 spiro atoms.